The molecule has 0 atom stereocenters. The lowest BCUT2D eigenvalue weighted by Crippen LogP contribution is -2.21. The topological polar surface area (TPSA) is 104 Å². The van der Waals surface area contributed by atoms with Crippen molar-refractivity contribution in [2.24, 2.45) is 0 Å². The van der Waals surface area contributed by atoms with E-state index < -0.39 is 23.3 Å². The Hall–Kier alpha value is -2.87. The van der Waals surface area contributed by atoms with E-state index >= 15 is 0 Å². The molecule has 1 heterocycles. The molecule has 126 valence electrons. The molecule has 0 radical (unpaired) electrons. The Morgan fingerprint density at radius 2 is 2.17 bits per heavy atom. The van der Waals surface area contributed by atoms with Gasteiger partial charge in [-0.3, -0.25) is 4.79 Å². The van der Waals surface area contributed by atoms with Crippen molar-refractivity contribution in [1.82, 2.24) is 4.98 Å². The maximum atomic E-state index is 12.0. The summed E-state index contributed by atoms with van der Waals surface area (Å²) in [5, 5.41) is 14.0. The molecule has 9 heteroatoms. The number of aromatic nitrogens is 1. The SMILES string of the molecule is COc1cc(Cl)c(C)cc1NC(=O)COc1cccnc1[N+](=O)[O-]. The molecule has 0 aliphatic carbocycles. The molecule has 1 N–H and O–H groups in total. The molecule has 1 aromatic heterocycles. The highest BCUT2D eigenvalue weighted by Gasteiger charge is 2.17. The van der Waals surface area contributed by atoms with Crippen molar-refractivity contribution in [3.8, 4) is 11.5 Å². The largest absolute Gasteiger partial charge is 0.495 e. The number of methoxy groups -OCH3 is 1. The number of hydrogen-bond donors (Lipinski definition) is 1. The van der Waals surface area contributed by atoms with E-state index in [2.05, 4.69) is 10.3 Å². The van der Waals surface area contributed by atoms with E-state index in [1.165, 1.54) is 25.4 Å². The molecule has 0 saturated heterocycles. The summed E-state index contributed by atoms with van der Waals surface area (Å²) >= 11 is 6.00. The molecule has 1 amide bonds. The fourth-order valence-electron chi connectivity index (χ4n) is 1.89. The second-order valence-corrected chi connectivity index (χ2v) is 5.13. The van der Waals surface area contributed by atoms with E-state index in [1.54, 1.807) is 19.1 Å². The van der Waals surface area contributed by atoms with Crippen LogP contribution in [0.15, 0.2) is 30.5 Å². The van der Waals surface area contributed by atoms with Gasteiger partial charge in [0.15, 0.2) is 6.61 Å². The van der Waals surface area contributed by atoms with Crippen LogP contribution in [0.1, 0.15) is 5.56 Å². The van der Waals surface area contributed by atoms with Gasteiger partial charge < -0.3 is 24.9 Å². The summed E-state index contributed by atoms with van der Waals surface area (Å²) in [6.45, 7) is 1.37. The third kappa shape index (κ3) is 4.11. The Morgan fingerprint density at radius 1 is 1.42 bits per heavy atom. The summed E-state index contributed by atoms with van der Waals surface area (Å²) in [6, 6.07) is 6.09. The smallest absolute Gasteiger partial charge is 0.406 e. The molecule has 0 aliphatic rings. The molecule has 8 nitrogen and oxygen atoms in total. The second kappa shape index (κ2) is 7.60. The van der Waals surface area contributed by atoms with Crippen molar-refractivity contribution in [3.05, 3.63) is 51.2 Å². The molecular formula is C15H14ClN3O5. The van der Waals surface area contributed by atoms with E-state index in [-0.39, 0.29) is 5.75 Å². The number of hydrogen-bond acceptors (Lipinski definition) is 6. The van der Waals surface area contributed by atoms with Crippen molar-refractivity contribution in [2.75, 3.05) is 19.0 Å². The van der Waals surface area contributed by atoms with Crippen LogP contribution < -0.4 is 14.8 Å². The lowest BCUT2D eigenvalue weighted by molar-refractivity contribution is -0.390. The Labute approximate surface area is 142 Å². The van der Waals surface area contributed by atoms with Crippen molar-refractivity contribution >= 4 is 29.0 Å². The van der Waals surface area contributed by atoms with Crippen molar-refractivity contribution in [2.45, 2.75) is 6.92 Å². The van der Waals surface area contributed by atoms with Gasteiger partial charge in [0, 0.05) is 11.1 Å². The molecule has 0 aliphatic heterocycles. The monoisotopic (exact) mass is 351 g/mol. The molecular weight excluding hydrogens is 338 g/mol. The maximum Gasteiger partial charge on any atom is 0.406 e. The number of aryl methyl sites for hydroxylation is 1. The minimum atomic E-state index is -0.682. The first kappa shape index (κ1) is 17.5. The highest BCUT2D eigenvalue weighted by atomic mass is 35.5. The number of halogens is 1. The van der Waals surface area contributed by atoms with Crippen molar-refractivity contribution < 1.29 is 19.2 Å². The Kier molecular flexibility index (Phi) is 5.54. The van der Waals surface area contributed by atoms with Gasteiger partial charge in [-0.2, -0.15) is 0 Å². The maximum absolute atomic E-state index is 12.0. The van der Waals surface area contributed by atoms with Gasteiger partial charge >= 0.3 is 5.82 Å². The second-order valence-electron chi connectivity index (χ2n) is 4.72. The standard InChI is InChI=1S/C15H14ClN3O5/c1-9-6-11(13(23-2)7-10(9)16)18-14(20)8-24-12-4-3-5-17-15(12)19(21)22/h3-7H,8H2,1-2H3,(H,18,20). The van der Waals surface area contributed by atoms with Crippen LogP contribution in [0, 0.1) is 17.0 Å². The summed E-state index contributed by atoms with van der Waals surface area (Å²) in [6.07, 6.45) is 1.27. The normalized spacial score (nSPS) is 10.1. The summed E-state index contributed by atoms with van der Waals surface area (Å²) in [5.74, 6) is -0.651. The van der Waals surface area contributed by atoms with Gasteiger partial charge in [-0.25, -0.2) is 0 Å². The first-order chi connectivity index (χ1) is 11.4. The highest BCUT2D eigenvalue weighted by Crippen LogP contribution is 2.31. The number of pyridine rings is 1. The van der Waals surface area contributed by atoms with Gasteiger partial charge in [0.05, 0.1) is 12.8 Å². The molecule has 0 unspecified atom stereocenters. The summed E-state index contributed by atoms with van der Waals surface area (Å²) < 4.78 is 10.3. The zero-order valence-electron chi connectivity index (χ0n) is 12.9. The van der Waals surface area contributed by atoms with Crippen LogP contribution in [-0.2, 0) is 4.79 Å². The predicted octanol–water partition coefficient (Wildman–Crippen LogP) is 2.98. The number of ether oxygens (including phenoxy) is 2. The lowest BCUT2D eigenvalue weighted by atomic mass is 10.2. The molecule has 24 heavy (non-hydrogen) atoms. The number of carbonyl (C=O) groups is 1. The summed E-state index contributed by atoms with van der Waals surface area (Å²) in [4.78, 5) is 25.8. The van der Waals surface area contributed by atoms with E-state index in [0.29, 0.717) is 16.5 Å². The molecule has 2 aromatic rings. The van der Waals surface area contributed by atoms with Gasteiger partial charge in [0.25, 0.3) is 5.91 Å². The number of nitrogens with zero attached hydrogens (tertiary/aromatic N) is 2. The van der Waals surface area contributed by atoms with Crippen LogP contribution in [0.25, 0.3) is 0 Å². The van der Waals surface area contributed by atoms with E-state index in [4.69, 9.17) is 21.1 Å². The molecule has 2 rings (SSSR count). The van der Waals surface area contributed by atoms with Crippen LogP contribution in [0.4, 0.5) is 11.5 Å². The zero-order chi connectivity index (χ0) is 17.7. The molecule has 0 bridgehead atoms. The molecule has 0 saturated carbocycles. The van der Waals surface area contributed by atoms with Crippen molar-refractivity contribution in [1.29, 1.82) is 0 Å². The van der Waals surface area contributed by atoms with Gasteiger partial charge in [-0.15, -0.1) is 0 Å². The van der Waals surface area contributed by atoms with Gasteiger partial charge in [0.1, 0.15) is 11.9 Å². The number of anilines is 1. The van der Waals surface area contributed by atoms with Gasteiger partial charge in [0.2, 0.25) is 5.75 Å². The van der Waals surface area contributed by atoms with Crippen molar-refractivity contribution in [3.63, 3.8) is 0 Å². The quantitative estimate of drug-likeness (QED) is 0.633. The lowest BCUT2D eigenvalue weighted by Gasteiger charge is -2.12. The zero-order valence-corrected chi connectivity index (χ0v) is 13.7. The van der Waals surface area contributed by atoms with Crippen LogP contribution in [0.5, 0.6) is 11.5 Å². The highest BCUT2D eigenvalue weighted by molar-refractivity contribution is 6.31. The van der Waals surface area contributed by atoms with E-state index in [9.17, 15) is 14.9 Å². The van der Waals surface area contributed by atoms with E-state index in [1.807, 2.05) is 0 Å². The molecule has 0 spiro atoms. The Balaban J connectivity index is 2.07. The predicted molar refractivity (Wildman–Crippen MR) is 87.8 cm³/mol. The summed E-state index contributed by atoms with van der Waals surface area (Å²) in [7, 11) is 1.45. The van der Waals surface area contributed by atoms with Gasteiger partial charge in [-0.05, 0) is 40.6 Å². The van der Waals surface area contributed by atoms with Gasteiger partial charge in [-0.1, -0.05) is 11.6 Å². The minimum absolute atomic E-state index is 0.0862. The van der Waals surface area contributed by atoms with Crippen LogP contribution >= 0.6 is 11.6 Å². The first-order valence-corrected chi connectivity index (χ1v) is 7.16. The average Bonchev–Trinajstić information content (AvgIpc) is 2.56. The third-order valence-electron chi connectivity index (χ3n) is 3.04. The fraction of sp³-hybridized carbons (Fsp3) is 0.200. The number of rotatable bonds is 6. The average molecular weight is 352 g/mol. The Bertz CT molecular complexity index is 782. The molecule has 0 fully saturated rings. The Morgan fingerprint density at radius 3 is 2.83 bits per heavy atom. The minimum Gasteiger partial charge on any atom is -0.495 e. The van der Waals surface area contributed by atoms with E-state index in [0.717, 1.165) is 5.56 Å². The third-order valence-corrected chi connectivity index (χ3v) is 3.44. The number of amides is 1. The van der Waals surface area contributed by atoms with Crippen LogP contribution in [0.3, 0.4) is 0 Å². The summed E-state index contributed by atoms with van der Waals surface area (Å²) in [5.41, 5.74) is 1.19. The number of nitro groups is 1. The number of benzene rings is 1. The molecule has 1 aromatic carbocycles. The fourth-order valence-corrected chi connectivity index (χ4v) is 2.05. The number of carbonyl (C=O) groups excluding carboxylic acids is 1. The number of nitrogens with one attached hydrogen (secondary N) is 1. The van der Waals surface area contributed by atoms with Crippen LogP contribution in [-0.4, -0.2) is 29.5 Å². The first-order valence-electron chi connectivity index (χ1n) is 6.78. The van der Waals surface area contributed by atoms with Crippen LogP contribution in [0.2, 0.25) is 5.02 Å².